The summed E-state index contributed by atoms with van der Waals surface area (Å²) in [6.07, 6.45) is -0.186. The monoisotopic (exact) mass is 375 g/mol. The van der Waals surface area contributed by atoms with Gasteiger partial charge in [0, 0.05) is 18.5 Å². The fourth-order valence-electron chi connectivity index (χ4n) is 3.33. The first-order valence-corrected chi connectivity index (χ1v) is 9.43. The molecule has 0 radical (unpaired) electrons. The van der Waals surface area contributed by atoms with Crippen LogP contribution in [0.15, 0.2) is 23.1 Å². The third kappa shape index (κ3) is 2.89. The lowest BCUT2D eigenvalue weighted by Gasteiger charge is -2.45. The lowest BCUT2D eigenvalue weighted by molar-refractivity contribution is -0.139. The second kappa shape index (κ2) is 5.91. The number of sulfone groups is 1. The number of ether oxygens (including phenoxy) is 1. The van der Waals surface area contributed by atoms with Gasteiger partial charge in [-0.1, -0.05) is 0 Å². The van der Waals surface area contributed by atoms with Crippen LogP contribution in [0.5, 0.6) is 5.75 Å². The van der Waals surface area contributed by atoms with Gasteiger partial charge in [0.2, 0.25) is 15.7 Å². The summed E-state index contributed by atoms with van der Waals surface area (Å²) in [7, 11) is -4.79. The second-order valence-electron chi connectivity index (χ2n) is 6.79. The quantitative estimate of drug-likeness (QED) is 0.872. The lowest BCUT2D eigenvalue weighted by atomic mass is 9.85. The van der Waals surface area contributed by atoms with Crippen LogP contribution in [-0.2, 0) is 14.6 Å². The fraction of sp³-hybridized carbons (Fsp3) is 0.562. The highest BCUT2D eigenvalue weighted by Gasteiger charge is 2.48. The topological polar surface area (TPSA) is 83.9 Å². The van der Waals surface area contributed by atoms with Crippen LogP contribution in [0.2, 0.25) is 0 Å². The molecule has 0 bridgehead atoms. The van der Waals surface area contributed by atoms with Crippen LogP contribution in [-0.4, -0.2) is 48.3 Å². The van der Waals surface area contributed by atoms with Crippen LogP contribution in [0, 0.1) is 0 Å². The minimum Gasteiger partial charge on any atom is -0.485 e. The molecule has 25 heavy (non-hydrogen) atoms. The van der Waals surface area contributed by atoms with Crippen molar-refractivity contribution < 1.29 is 31.8 Å². The molecule has 0 unspecified atom stereocenters. The van der Waals surface area contributed by atoms with E-state index in [0.29, 0.717) is 19.4 Å². The Labute approximate surface area is 144 Å². The summed E-state index contributed by atoms with van der Waals surface area (Å²) in [6.45, 7) is 3.71. The number of amides is 1. The number of hydrogen-bond acceptors (Lipinski definition) is 5. The van der Waals surface area contributed by atoms with E-state index >= 15 is 0 Å². The number of halogens is 2. The standard InChI is InChI=1S/C16H19F2NO5S/c1-16(2)14(21)13(19-7-3-4-12(19)20)10-8-9(5-6-11(10)24-16)25(22,23)15(17)18/h5-6,8,13-15,21H,3-4,7H2,1-2H3/t13-,14+/m0/s1. The molecule has 0 saturated carbocycles. The summed E-state index contributed by atoms with van der Waals surface area (Å²) in [5.74, 6) is -3.45. The number of aliphatic hydroxyl groups excluding tert-OH is 1. The van der Waals surface area contributed by atoms with Crippen molar-refractivity contribution in [3.8, 4) is 5.75 Å². The van der Waals surface area contributed by atoms with E-state index in [-0.39, 0.29) is 17.2 Å². The van der Waals surface area contributed by atoms with E-state index < -0.39 is 38.2 Å². The van der Waals surface area contributed by atoms with Crippen molar-refractivity contribution in [3.63, 3.8) is 0 Å². The van der Waals surface area contributed by atoms with Crippen LogP contribution >= 0.6 is 0 Å². The molecular weight excluding hydrogens is 356 g/mol. The van der Waals surface area contributed by atoms with Crippen LogP contribution in [0.1, 0.15) is 38.3 Å². The number of alkyl halides is 2. The molecular formula is C16H19F2NO5S. The molecule has 0 aliphatic carbocycles. The molecule has 1 fully saturated rings. The minimum atomic E-state index is -4.79. The molecule has 0 spiro atoms. The van der Waals surface area contributed by atoms with Crippen molar-refractivity contribution in [1.29, 1.82) is 0 Å². The van der Waals surface area contributed by atoms with Gasteiger partial charge < -0.3 is 14.7 Å². The smallest absolute Gasteiger partial charge is 0.341 e. The summed E-state index contributed by atoms with van der Waals surface area (Å²) >= 11 is 0. The molecule has 2 aliphatic rings. The molecule has 3 rings (SSSR count). The zero-order valence-corrected chi connectivity index (χ0v) is 14.6. The Kier molecular flexibility index (Phi) is 4.27. The van der Waals surface area contributed by atoms with Gasteiger partial charge in [0.25, 0.3) is 0 Å². The summed E-state index contributed by atoms with van der Waals surface area (Å²) < 4.78 is 55.0. The summed E-state index contributed by atoms with van der Waals surface area (Å²) in [5.41, 5.74) is -0.798. The number of likely N-dealkylation sites (tertiary alicyclic amines) is 1. The molecule has 1 amide bonds. The number of nitrogens with zero attached hydrogens (tertiary/aromatic N) is 1. The third-order valence-corrected chi connectivity index (χ3v) is 6.07. The SMILES string of the molecule is CC1(C)Oc2ccc(S(=O)(=O)C(F)F)cc2[C@H](N2CCCC2=O)[C@H]1O. The Balaban J connectivity index is 2.15. The number of rotatable bonds is 3. The van der Waals surface area contributed by atoms with Crippen LogP contribution in [0.25, 0.3) is 0 Å². The molecule has 2 heterocycles. The normalized spacial score (nSPS) is 25.8. The van der Waals surface area contributed by atoms with E-state index in [1.165, 1.54) is 11.0 Å². The minimum absolute atomic E-state index is 0.171. The van der Waals surface area contributed by atoms with Gasteiger partial charge in [-0.3, -0.25) is 4.79 Å². The fourth-order valence-corrected chi connectivity index (χ4v) is 4.08. The Hall–Kier alpha value is -1.74. The molecule has 1 aromatic rings. The molecule has 2 atom stereocenters. The summed E-state index contributed by atoms with van der Waals surface area (Å²) in [6, 6.07) is 2.58. The highest BCUT2D eigenvalue weighted by molar-refractivity contribution is 7.91. The zero-order valence-electron chi connectivity index (χ0n) is 13.8. The summed E-state index contributed by atoms with van der Waals surface area (Å²) in [4.78, 5) is 13.1. The van der Waals surface area contributed by atoms with Gasteiger partial charge in [0.15, 0.2) is 0 Å². The van der Waals surface area contributed by atoms with Crippen LogP contribution in [0.3, 0.4) is 0 Å². The Morgan fingerprint density at radius 2 is 2.04 bits per heavy atom. The first-order chi connectivity index (χ1) is 11.6. The number of hydrogen-bond donors (Lipinski definition) is 1. The average molecular weight is 375 g/mol. The van der Waals surface area contributed by atoms with E-state index in [0.717, 1.165) is 12.1 Å². The van der Waals surface area contributed by atoms with Crippen LogP contribution in [0.4, 0.5) is 8.78 Å². The third-order valence-electron chi connectivity index (χ3n) is 4.69. The van der Waals surface area contributed by atoms with Crippen molar-refractivity contribution >= 4 is 15.7 Å². The summed E-state index contributed by atoms with van der Waals surface area (Å²) in [5, 5.41) is 10.7. The van der Waals surface area contributed by atoms with Gasteiger partial charge in [0.05, 0.1) is 10.9 Å². The van der Waals surface area contributed by atoms with Gasteiger partial charge >= 0.3 is 5.76 Å². The van der Waals surface area contributed by atoms with Crippen molar-refractivity contribution in [2.45, 2.75) is 55.1 Å². The van der Waals surface area contributed by atoms with Gasteiger partial charge in [-0.25, -0.2) is 8.42 Å². The first kappa shape index (κ1) is 18.1. The first-order valence-electron chi connectivity index (χ1n) is 7.88. The molecule has 1 N–H and O–H groups in total. The van der Waals surface area contributed by atoms with Gasteiger partial charge in [-0.2, -0.15) is 8.78 Å². The maximum absolute atomic E-state index is 12.9. The Morgan fingerprint density at radius 3 is 2.60 bits per heavy atom. The van der Waals surface area contributed by atoms with Crippen LogP contribution < -0.4 is 4.74 Å². The molecule has 0 aromatic heterocycles. The molecule has 6 nitrogen and oxygen atoms in total. The Morgan fingerprint density at radius 1 is 1.36 bits per heavy atom. The molecule has 2 aliphatic heterocycles. The molecule has 1 aromatic carbocycles. The van der Waals surface area contributed by atoms with E-state index in [2.05, 4.69) is 0 Å². The Bertz CT molecular complexity index is 809. The van der Waals surface area contributed by atoms with Crippen molar-refractivity contribution in [1.82, 2.24) is 4.90 Å². The highest BCUT2D eigenvalue weighted by atomic mass is 32.2. The van der Waals surface area contributed by atoms with E-state index in [9.17, 15) is 27.1 Å². The van der Waals surface area contributed by atoms with E-state index in [1.54, 1.807) is 13.8 Å². The number of fused-ring (bicyclic) bond motifs is 1. The number of carbonyl (C=O) groups is 1. The molecule has 138 valence electrons. The number of carbonyl (C=O) groups excluding carboxylic acids is 1. The number of aliphatic hydroxyl groups is 1. The largest absolute Gasteiger partial charge is 0.485 e. The van der Waals surface area contributed by atoms with Crippen molar-refractivity contribution in [2.24, 2.45) is 0 Å². The maximum Gasteiger partial charge on any atom is 0.341 e. The van der Waals surface area contributed by atoms with E-state index in [1.807, 2.05) is 0 Å². The molecule has 9 heteroatoms. The number of benzene rings is 1. The zero-order chi connectivity index (χ0) is 18.6. The van der Waals surface area contributed by atoms with Gasteiger partial charge in [0.1, 0.15) is 17.5 Å². The van der Waals surface area contributed by atoms with Gasteiger partial charge in [-0.05, 0) is 38.5 Å². The average Bonchev–Trinajstić information content (AvgIpc) is 2.93. The van der Waals surface area contributed by atoms with E-state index in [4.69, 9.17) is 4.74 Å². The van der Waals surface area contributed by atoms with Crippen molar-refractivity contribution in [3.05, 3.63) is 23.8 Å². The predicted octanol–water partition coefficient (Wildman–Crippen LogP) is 1.88. The second-order valence-corrected chi connectivity index (χ2v) is 8.71. The van der Waals surface area contributed by atoms with Crippen molar-refractivity contribution in [2.75, 3.05) is 6.54 Å². The molecule has 1 saturated heterocycles. The lowest BCUT2D eigenvalue weighted by Crippen LogP contribution is -2.53. The predicted molar refractivity (Wildman–Crippen MR) is 84.0 cm³/mol. The van der Waals surface area contributed by atoms with Gasteiger partial charge in [-0.15, -0.1) is 0 Å². The highest BCUT2D eigenvalue weighted by Crippen LogP contribution is 2.45. The maximum atomic E-state index is 12.9.